The van der Waals surface area contributed by atoms with Crippen molar-refractivity contribution < 1.29 is 9.90 Å². The van der Waals surface area contributed by atoms with Gasteiger partial charge in [-0.1, -0.05) is 0 Å². The number of aliphatic carboxylic acids is 1. The fourth-order valence-corrected chi connectivity index (χ4v) is 2.20. The van der Waals surface area contributed by atoms with Crippen LogP contribution < -0.4 is 5.73 Å². The molecule has 1 aliphatic rings. The maximum Gasteiger partial charge on any atom is 0.304 e. The number of likely N-dealkylation sites (tertiary alicyclic amines) is 1. The van der Waals surface area contributed by atoms with Gasteiger partial charge in [0, 0.05) is 12.6 Å². The van der Waals surface area contributed by atoms with E-state index in [1.807, 2.05) is 0 Å². The van der Waals surface area contributed by atoms with Gasteiger partial charge < -0.3 is 15.7 Å². The topological polar surface area (TPSA) is 66.6 Å². The van der Waals surface area contributed by atoms with Crippen molar-refractivity contribution in [1.82, 2.24) is 4.90 Å². The number of nitrogens with zero attached hydrogens (tertiary/aromatic N) is 1. The molecule has 82 valence electrons. The quantitative estimate of drug-likeness (QED) is 0.694. The molecule has 14 heavy (non-hydrogen) atoms. The maximum atomic E-state index is 10.4. The average molecular weight is 200 g/mol. The molecular weight excluding hydrogens is 180 g/mol. The van der Waals surface area contributed by atoms with Crippen molar-refractivity contribution in [2.75, 3.05) is 20.1 Å². The van der Waals surface area contributed by atoms with E-state index in [0.29, 0.717) is 5.92 Å². The molecule has 1 heterocycles. The van der Waals surface area contributed by atoms with Gasteiger partial charge in [0.1, 0.15) is 0 Å². The molecule has 0 aromatic heterocycles. The maximum absolute atomic E-state index is 10.4. The fourth-order valence-electron chi connectivity index (χ4n) is 2.20. The van der Waals surface area contributed by atoms with Gasteiger partial charge in [-0.25, -0.2) is 0 Å². The SMILES string of the molecule is CN1CCCC(CC(N)CC(=O)O)C1. The van der Waals surface area contributed by atoms with Crippen molar-refractivity contribution in [1.29, 1.82) is 0 Å². The standard InChI is InChI=1S/C10H20N2O2/c1-12-4-2-3-8(7-12)5-9(11)6-10(13)14/h8-9H,2-7,11H2,1H3,(H,13,14). The molecule has 0 aromatic carbocycles. The van der Waals surface area contributed by atoms with E-state index in [9.17, 15) is 4.79 Å². The molecule has 0 aromatic rings. The van der Waals surface area contributed by atoms with E-state index >= 15 is 0 Å². The van der Waals surface area contributed by atoms with Crippen molar-refractivity contribution in [3.63, 3.8) is 0 Å². The van der Waals surface area contributed by atoms with Gasteiger partial charge in [-0.3, -0.25) is 4.79 Å². The van der Waals surface area contributed by atoms with Crippen LogP contribution in [0.4, 0.5) is 0 Å². The molecule has 0 bridgehead atoms. The van der Waals surface area contributed by atoms with Gasteiger partial charge in [0.2, 0.25) is 0 Å². The van der Waals surface area contributed by atoms with Crippen LogP contribution in [-0.4, -0.2) is 42.2 Å². The average Bonchev–Trinajstić information content (AvgIpc) is 2.01. The summed E-state index contributed by atoms with van der Waals surface area (Å²) in [5.41, 5.74) is 5.75. The molecule has 0 radical (unpaired) electrons. The van der Waals surface area contributed by atoms with Crippen LogP contribution in [0.15, 0.2) is 0 Å². The lowest BCUT2D eigenvalue weighted by Gasteiger charge is -2.30. The summed E-state index contributed by atoms with van der Waals surface area (Å²) in [6.45, 7) is 2.22. The first-order valence-corrected chi connectivity index (χ1v) is 5.24. The molecule has 1 fully saturated rings. The van der Waals surface area contributed by atoms with Crippen LogP contribution in [0.5, 0.6) is 0 Å². The van der Waals surface area contributed by atoms with Gasteiger partial charge in [-0.05, 0) is 38.8 Å². The minimum atomic E-state index is -0.790. The Kier molecular flexibility index (Phi) is 4.35. The zero-order chi connectivity index (χ0) is 10.6. The van der Waals surface area contributed by atoms with E-state index in [-0.39, 0.29) is 12.5 Å². The van der Waals surface area contributed by atoms with Gasteiger partial charge in [-0.2, -0.15) is 0 Å². The van der Waals surface area contributed by atoms with Crippen molar-refractivity contribution in [2.24, 2.45) is 11.7 Å². The highest BCUT2D eigenvalue weighted by Gasteiger charge is 2.20. The zero-order valence-electron chi connectivity index (χ0n) is 8.78. The highest BCUT2D eigenvalue weighted by atomic mass is 16.4. The highest BCUT2D eigenvalue weighted by Crippen LogP contribution is 2.20. The van der Waals surface area contributed by atoms with Crippen LogP contribution in [0.1, 0.15) is 25.7 Å². The largest absolute Gasteiger partial charge is 0.481 e. The predicted molar refractivity (Wildman–Crippen MR) is 55.1 cm³/mol. The first-order valence-electron chi connectivity index (χ1n) is 5.24. The molecule has 4 nitrogen and oxygen atoms in total. The Balaban J connectivity index is 2.25. The summed E-state index contributed by atoms with van der Waals surface area (Å²) >= 11 is 0. The monoisotopic (exact) mass is 200 g/mol. The molecule has 0 aliphatic carbocycles. The molecule has 2 unspecified atom stereocenters. The smallest absolute Gasteiger partial charge is 0.304 e. The van der Waals surface area contributed by atoms with Gasteiger partial charge in [0.05, 0.1) is 6.42 Å². The Morgan fingerprint density at radius 3 is 3.00 bits per heavy atom. The number of piperidine rings is 1. The lowest BCUT2D eigenvalue weighted by molar-refractivity contribution is -0.137. The third kappa shape index (κ3) is 4.07. The molecule has 0 amide bonds. The van der Waals surface area contributed by atoms with Crippen LogP contribution >= 0.6 is 0 Å². The fraction of sp³-hybridized carbons (Fsp3) is 0.900. The van der Waals surface area contributed by atoms with Crippen molar-refractivity contribution in [3.05, 3.63) is 0 Å². The highest BCUT2D eigenvalue weighted by molar-refractivity contribution is 5.67. The van der Waals surface area contributed by atoms with Crippen LogP contribution in [0, 0.1) is 5.92 Å². The number of carboxylic acid groups (broad SMARTS) is 1. The summed E-state index contributed by atoms with van der Waals surface area (Å²) in [4.78, 5) is 12.7. The first-order chi connectivity index (χ1) is 6.58. The van der Waals surface area contributed by atoms with E-state index in [4.69, 9.17) is 10.8 Å². The number of rotatable bonds is 4. The normalized spacial score (nSPS) is 26.0. The minimum Gasteiger partial charge on any atom is -0.481 e. The Bertz CT molecular complexity index is 197. The summed E-state index contributed by atoms with van der Waals surface area (Å²) in [7, 11) is 2.11. The Morgan fingerprint density at radius 2 is 2.43 bits per heavy atom. The Morgan fingerprint density at radius 1 is 1.71 bits per heavy atom. The van der Waals surface area contributed by atoms with Crippen LogP contribution in [0.2, 0.25) is 0 Å². The van der Waals surface area contributed by atoms with E-state index < -0.39 is 5.97 Å². The van der Waals surface area contributed by atoms with Crippen LogP contribution in [0.25, 0.3) is 0 Å². The van der Waals surface area contributed by atoms with E-state index in [1.165, 1.54) is 12.8 Å². The van der Waals surface area contributed by atoms with E-state index in [0.717, 1.165) is 19.5 Å². The molecule has 1 saturated heterocycles. The zero-order valence-corrected chi connectivity index (χ0v) is 8.78. The summed E-state index contributed by atoms with van der Waals surface area (Å²) in [6.07, 6.45) is 3.34. The molecule has 0 spiro atoms. The summed E-state index contributed by atoms with van der Waals surface area (Å²) in [6, 6.07) is -0.177. The Hall–Kier alpha value is -0.610. The first kappa shape index (κ1) is 11.5. The van der Waals surface area contributed by atoms with Gasteiger partial charge >= 0.3 is 5.97 Å². The molecule has 1 aliphatic heterocycles. The number of carboxylic acids is 1. The lowest BCUT2D eigenvalue weighted by Crippen LogP contribution is -2.36. The van der Waals surface area contributed by atoms with Gasteiger partial charge in [0.25, 0.3) is 0 Å². The minimum absolute atomic E-state index is 0.0974. The summed E-state index contributed by atoms with van der Waals surface area (Å²) in [5, 5.41) is 8.57. The summed E-state index contributed by atoms with van der Waals surface area (Å²) < 4.78 is 0. The molecule has 1 rings (SSSR count). The van der Waals surface area contributed by atoms with Crippen molar-refractivity contribution in [2.45, 2.75) is 31.7 Å². The van der Waals surface area contributed by atoms with Crippen LogP contribution in [0.3, 0.4) is 0 Å². The number of hydrogen-bond donors (Lipinski definition) is 2. The molecule has 3 N–H and O–H groups in total. The molecule has 0 saturated carbocycles. The summed E-state index contributed by atoms with van der Waals surface area (Å²) in [5.74, 6) is -0.204. The molecule has 4 heteroatoms. The third-order valence-electron chi connectivity index (χ3n) is 2.79. The predicted octanol–water partition coefficient (Wildman–Crippen LogP) is 0.520. The molecule has 2 atom stereocenters. The van der Waals surface area contributed by atoms with Gasteiger partial charge in [0.15, 0.2) is 0 Å². The van der Waals surface area contributed by atoms with Gasteiger partial charge in [-0.15, -0.1) is 0 Å². The van der Waals surface area contributed by atoms with Crippen molar-refractivity contribution in [3.8, 4) is 0 Å². The van der Waals surface area contributed by atoms with Crippen molar-refractivity contribution >= 4 is 5.97 Å². The third-order valence-corrected chi connectivity index (χ3v) is 2.79. The second-order valence-electron chi connectivity index (χ2n) is 4.36. The Labute approximate surface area is 85.1 Å². The van der Waals surface area contributed by atoms with Crippen LogP contribution in [-0.2, 0) is 4.79 Å². The number of hydrogen-bond acceptors (Lipinski definition) is 3. The number of nitrogens with two attached hydrogens (primary N) is 1. The molecular formula is C10H20N2O2. The van der Waals surface area contributed by atoms with E-state index in [2.05, 4.69) is 11.9 Å². The lowest BCUT2D eigenvalue weighted by atomic mass is 9.91. The van der Waals surface area contributed by atoms with E-state index in [1.54, 1.807) is 0 Å². The second-order valence-corrected chi connectivity index (χ2v) is 4.36. The number of carbonyl (C=O) groups is 1. The second kappa shape index (κ2) is 5.32.